The third-order valence-corrected chi connectivity index (χ3v) is 8.68. The number of nitrogens with two attached hydrogens (primary N) is 1. The molecule has 166 valence electrons. The van der Waals surface area contributed by atoms with E-state index in [4.69, 9.17) is 15.0 Å². The molecular formula is C10H14N5O12P3. The number of aliphatic hydroxyl groups is 2. The summed E-state index contributed by atoms with van der Waals surface area (Å²) < 4.78 is 47.2. The Morgan fingerprint density at radius 2 is 1.93 bits per heavy atom. The van der Waals surface area contributed by atoms with E-state index in [0.717, 1.165) is 6.33 Å². The maximum atomic E-state index is 11.9. The monoisotopic (exact) mass is 489 g/mol. The van der Waals surface area contributed by atoms with E-state index in [-0.39, 0.29) is 17.1 Å². The summed E-state index contributed by atoms with van der Waals surface area (Å²) >= 11 is 0. The molecule has 20 heteroatoms. The van der Waals surface area contributed by atoms with Crippen molar-refractivity contribution in [1.82, 2.24) is 19.5 Å². The van der Waals surface area contributed by atoms with Crippen molar-refractivity contribution < 1.29 is 51.3 Å². The van der Waals surface area contributed by atoms with Crippen molar-refractivity contribution in [3.8, 4) is 0 Å². The van der Waals surface area contributed by atoms with Crippen LogP contribution < -0.4 is 11.3 Å². The van der Waals surface area contributed by atoms with Gasteiger partial charge in [-0.15, -0.1) is 0 Å². The van der Waals surface area contributed by atoms with Crippen LogP contribution in [0.3, 0.4) is 0 Å². The molecule has 2 fully saturated rings. The molecule has 2 aromatic heterocycles. The van der Waals surface area contributed by atoms with Crippen LogP contribution in [-0.2, 0) is 31.3 Å². The number of anilines is 1. The Bertz CT molecular complexity index is 1100. The van der Waals surface area contributed by atoms with Crippen LogP contribution in [0.5, 0.6) is 0 Å². The zero-order valence-corrected chi connectivity index (χ0v) is 17.1. The molecule has 0 amide bonds. The maximum absolute atomic E-state index is 11.9. The quantitative estimate of drug-likeness (QED) is 0.277. The normalized spacial score (nSPS) is 39.5. The summed E-state index contributed by atoms with van der Waals surface area (Å²) in [4.78, 5) is 40.4. The number of hydrogen-bond donors (Lipinski definition) is 6. The van der Waals surface area contributed by atoms with Crippen LogP contribution >= 0.6 is 24.2 Å². The van der Waals surface area contributed by atoms with Crippen molar-refractivity contribution in [2.75, 3.05) is 12.3 Å². The minimum absolute atomic E-state index is 0.0167. The standard InChI is InChI=1S/C10H14N5O12P3/c11-10-13-7-4(8(18)14-10)12-2-15(7)9-6(17)5(16)3(24-9)1-23-28-25-29(19,20)27-30(21,22)26-28/h2-3,5-6,9,16-17H,1H2,(H,19,20)(H,21,22)(H3,11,13,14,18). The molecule has 0 bridgehead atoms. The van der Waals surface area contributed by atoms with Gasteiger partial charge < -0.3 is 35.0 Å². The maximum Gasteiger partial charge on any atom is 0.488 e. The van der Waals surface area contributed by atoms with E-state index in [0.29, 0.717) is 0 Å². The van der Waals surface area contributed by atoms with Gasteiger partial charge in [-0.3, -0.25) is 14.3 Å². The Morgan fingerprint density at radius 3 is 2.60 bits per heavy atom. The molecular weight excluding hydrogens is 475 g/mol. The van der Waals surface area contributed by atoms with Gasteiger partial charge in [0.2, 0.25) is 5.95 Å². The van der Waals surface area contributed by atoms with Crippen LogP contribution in [0.25, 0.3) is 11.2 Å². The molecule has 2 saturated heterocycles. The van der Waals surface area contributed by atoms with Crippen molar-refractivity contribution in [2.45, 2.75) is 24.5 Å². The first-order valence-corrected chi connectivity index (χ1v) is 12.0. The van der Waals surface area contributed by atoms with Crippen LogP contribution in [-0.4, -0.2) is 64.4 Å². The second-order valence-corrected chi connectivity index (χ2v) is 10.6. The zero-order valence-electron chi connectivity index (χ0n) is 14.4. The number of aliphatic hydroxyl groups excluding tert-OH is 2. The predicted molar refractivity (Wildman–Crippen MR) is 94.3 cm³/mol. The van der Waals surface area contributed by atoms with Gasteiger partial charge in [0, 0.05) is 0 Å². The van der Waals surface area contributed by atoms with E-state index >= 15 is 0 Å². The van der Waals surface area contributed by atoms with Crippen molar-refractivity contribution in [3.05, 3.63) is 16.7 Å². The van der Waals surface area contributed by atoms with Crippen molar-refractivity contribution in [2.24, 2.45) is 0 Å². The summed E-state index contributed by atoms with van der Waals surface area (Å²) in [5, 5.41) is 20.6. The molecule has 0 aliphatic carbocycles. The lowest BCUT2D eigenvalue weighted by Gasteiger charge is -2.27. The van der Waals surface area contributed by atoms with Gasteiger partial charge in [0.1, 0.15) is 18.3 Å². The summed E-state index contributed by atoms with van der Waals surface area (Å²) in [6.45, 7) is -0.580. The second-order valence-electron chi connectivity index (χ2n) is 6.02. The van der Waals surface area contributed by atoms with Crippen LogP contribution in [0.15, 0.2) is 11.1 Å². The molecule has 17 nitrogen and oxygen atoms in total. The number of imidazole rings is 1. The average molecular weight is 489 g/mol. The lowest BCUT2D eigenvalue weighted by molar-refractivity contribution is -0.0487. The van der Waals surface area contributed by atoms with E-state index in [2.05, 4.69) is 27.9 Å². The van der Waals surface area contributed by atoms with Gasteiger partial charge in [-0.25, -0.2) is 22.7 Å². The van der Waals surface area contributed by atoms with Crippen molar-refractivity contribution in [1.29, 1.82) is 0 Å². The van der Waals surface area contributed by atoms with Crippen LogP contribution in [0.4, 0.5) is 5.95 Å². The summed E-state index contributed by atoms with van der Waals surface area (Å²) in [6, 6.07) is 0. The lowest BCUT2D eigenvalue weighted by atomic mass is 10.1. The Hall–Kier alpha value is -1.32. The Balaban J connectivity index is 1.50. The van der Waals surface area contributed by atoms with Gasteiger partial charge >= 0.3 is 24.2 Å². The lowest BCUT2D eigenvalue weighted by Crippen LogP contribution is -2.33. The Morgan fingerprint density at radius 1 is 1.27 bits per heavy atom. The van der Waals surface area contributed by atoms with E-state index in [9.17, 15) is 33.9 Å². The number of rotatable bonds is 4. The first-order chi connectivity index (χ1) is 14.0. The highest BCUT2D eigenvalue weighted by Crippen LogP contribution is 2.76. The Labute approximate surface area is 166 Å². The number of aromatic amines is 1. The fraction of sp³-hybridized carbons (Fsp3) is 0.500. The number of ether oxygens (including phenoxy) is 1. The molecule has 4 rings (SSSR count). The minimum Gasteiger partial charge on any atom is -0.387 e. The highest BCUT2D eigenvalue weighted by atomic mass is 31.3. The molecule has 2 aliphatic rings. The van der Waals surface area contributed by atoms with Gasteiger partial charge in [0.05, 0.1) is 12.9 Å². The van der Waals surface area contributed by atoms with Gasteiger partial charge in [0.15, 0.2) is 17.4 Å². The van der Waals surface area contributed by atoms with Gasteiger partial charge in [0.25, 0.3) is 5.56 Å². The molecule has 0 aromatic carbocycles. The van der Waals surface area contributed by atoms with Gasteiger partial charge in [-0.1, -0.05) is 0 Å². The third kappa shape index (κ3) is 4.21. The molecule has 7 N–H and O–H groups in total. The number of nitrogen functional groups attached to an aromatic ring is 1. The van der Waals surface area contributed by atoms with Gasteiger partial charge in [-0.05, 0) is 0 Å². The molecule has 2 aliphatic heterocycles. The van der Waals surface area contributed by atoms with Crippen LogP contribution in [0.2, 0.25) is 0 Å². The summed E-state index contributed by atoms with van der Waals surface area (Å²) in [5.74, 6) is -0.208. The zero-order chi connectivity index (χ0) is 21.8. The molecule has 4 heterocycles. The number of nitrogens with zero attached hydrogens (tertiary/aromatic N) is 3. The van der Waals surface area contributed by atoms with Crippen molar-refractivity contribution >= 4 is 41.4 Å². The topological polar surface area (TPSA) is 251 Å². The van der Waals surface area contributed by atoms with Crippen LogP contribution in [0.1, 0.15) is 6.23 Å². The number of fused-ring (bicyclic) bond motifs is 1. The molecule has 0 radical (unpaired) electrons. The fourth-order valence-electron chi connectivity index (χ4n) is 2.75. The number of H-pyrrole nitrogens is 1. The number of aromatic nitrogens is 4. The fourth-order valence-corrected chi connectivity index (χ4v) is 6.95. The number of hydrogen-bond acceptors (Lipinski definition) is 13. The van der Waals surface area contributed by atoms with Crippen molar-refractivity contribution in [3.63, 3.8) is 0 Å². The van der Waals surface area contributed by atoms with Gasteiger partial charge in [-0.2, -0.15) is 9.29 Å². The molecule has 6 atom stereocenters. The average Bonchev–Trinajstić information content (AvgIpc) is 3.13. The molecule has 2 aromatic rings. The largest absolute Gasteiger partial charge is 0.488 e. The molecule has 30 heavy (non-hydrogen) atoms. The third-order valence-electron chi connectivity index (χ3n) is 3.95. The van der Waals surface area contributed by atoms with Crippen LogP contribution in [0, 0.1) is 0 Å². The Kier molecular flexibility index (Phi) is 5.60. The summed E-state index contributed by atoms with van der Waals surface area (Å²) in [7, 11) is -12.6. The number of nitrogens with one attached hydrogen (secondary N) is 1. The van der Waals surface area contributed by atoms with E-state index in [1.807, 2.05) is 0 Å². The smallest absolute Gasteiger partial charge is 0.387 e. The molecule has 6 unspecified atom stereocenters. The first-order valence-electron chi connectivity index (χ1n) is 7.89. The van der Waals surface area contributed by atoms with E-state index in [1.165, 1.54) is 4.57 Å². The predicted octanol–water partition coefficient (Wildman–Crippen LogP) is -1.17. The SMILES string of the molecule is Nc1nc2c(ncn2C2OC(COP3OP(=O)(O)OP(=O)(O)O3)C(O)C2O)c(=O)[nH]1. The minimum atomic E-state index is -4.89. The van der Waals surface area contributed by atoms with E-state index < -0.39 is 61.0 Å². The second kappa shape index (κ2) is 7.67. The molecule has 0 saturated carbocycles. The molecule has 0 spiro atoms. The summed E-state index contributed by atoms with van der Waals surface area (Å²) in [6.07, 6.45) is -4.42. The first kappa shape index (κ1) is 21.9. The highest BCUT2D eigenvalue weighted by molar-refractivity contribution is 7.72. The summed E-state index contributed by atoms with van der Waals surface area (Å²) in [5.41, 5.74) is 4.79. The highest BCUT2D eigenvalue weighted by Gasteiger charge is 2.49. The number of phosphoric acid groups is 2. The van der Waals surface area contributed by atoms with E-state index in [1.54, 1.807) is 0 Å².